The van der Waals surface area contributed by atoms with Crippen molar-refractivity contribution >= 4 is 11.9 Å². The fourth-order valence-electron chi connectivity index (χ4n) is 3.14. The van der Waals surface area contributed by atoms with Crippen molar-refractivity contribution in [1.29, 1.82) is 0 Å². The van der Waals surface area contributed by atoms with E-state index in [0.29, 0.717) is 33.6 Å². The fraction of sp³-hybridized carbons (Fsp3) is 0.167. The SMILES string of the molecule is COc1ccc(F)c(-c2ccc(C(=O)Oc3cccc([C@H](O)CC(=O)O)c3)c(C)c2)c1. The highest BCUT2D eigenvalue weighted by Crippen LogP contribution is 2.29. The summed E-state index contributed by atoms with van der Waals surface area (Å²) in [5.41, 5.74) is 2.15. The number of esters is 1. The Morgan fingerprint density at radius 1 is 1.03 bits per heavy atom. The molecule has 1 atom stereocenters. The second kappa shape index (κ2) is 9.40. The van der Waals surface area contributed by atoms with Gasteiger partial charge in [-0.3, -0.25) is 4.79 Å². The summed E-state index contributed by atoms with van der Waals surface area (Å²) in [6.07, 6.45) is -1.67. The largest absolute Gasteiger partial charge is 0.497 e. The topological polar surface area (TPSA) is 93.1 Å². The number of aryl methyl sites for hydroxylation is 1. The fourth-order valence-corrected chi connectivity index (χ4v) is 3.14. The number of ether oxygens (including phenoxy) is 2. The van der Waals surface area contributed by atoms with Gasteiger partial charge in [-0.1, -0.05) is 24.3 Å². The highest BCUT2D eigenvalue weighted by atomic mass is 19.1. The predicted molar refractivity (Wildman–Crippen MR) is 112 cm³/mol. The molecule has 0 aliphatic carbocycles. The summed E-state index contributed by atoms with van der Waals surface area (Å²) in [5, 5.41) is 18.8. The molecule has 0 aromatic heterocycles. The Morgan fingerprint density at radius 3 is 2.48 bits per heavy atom. The average Bonchev–Trinajstić information content (AvgIpc) is 2.73. The van der Waals surface area contributed by atoms with Crippen LogP contribution in [-0.4, -0.2) is 29.3 Å². The molecule has 0 heterocycles. The molecule has 3 aromatic rings. The van der Waals surface area contributed by atoms with Crippen LogP contribution in [0.5, 0.6) is 11.5 Å². The molecule has 0 unspecified atom stereocenters. The van der Waals surface area contributed by atoms with Crippen LogP contribution in [0.1, 0.15) is 34.0 Å². The van der Waals surface area contributed by atoms with Gasteiger partial charge in [-0.05, 0) is 60.0 Å². The number of aliphatic carboxylic acids is 1. The van der Waals surface area contributed by atoms with Crippen LogP contribution in [0.15, 0.2) is 60.7 Å². The Labute approximate surface area is 178 Å². The minimum absolute atomic E-state index is 0.175. The second-order valence-corrected chi connectivity index (χ2v) is 6.95. The zero-order valence-electron chi connectivity index (χ0n) is 17.0. The number of carbonyl (C=O) groups excluding carboxylic acids is 1. The van der Waals surface area contributed by atoms with Gasteiger partial charge in [-0.25, -0.2) is 9.18 Å². The van der Waals surface area contributed by atoms with Crippen molar-refractivity contribution in [2.24, 2.45) is 0 Å². The van der Waals surface area contributed by atoms with Gasteiger partial charge in [0.25, 0.3) is 0 Å². The van der Waals surface area contributed by atoms with Crippen LogP contribution in [0.2, 0.25) is 0 Å². The molecular formula is C24H21FO6. The zero-order chi connectivity index (χ0) is 22.5. The van der Waals surface area contributed by atoms with Crippen LogP contribution in [-0.2, 0) is 4.79 Å². The van der Waals surface area contributed by atoms with E-state index >= 15 is 0 Å². The first-order chi connectivity index (χ1) is 14.8. The smallest absolute Gasteiger partial charge is 0.343 e. The summed E-state index contributed by atoms with van der Waals surface area (Å²) in [4.78, 5) is 23.4. The Balaban J connectivity index is 1.81. The molecule has 2 N–H and O–H groups in total. The van der Waals surface area contributed by atoms with Crippen LogP contribution in [0, 0.1) is 12.7 Å². The predicted octanol–water partition coefficient (Wildman–Crippen LogP) is 4.54. The summed E-state index contributed by atoms with van der Waals surface area (Å²) in [5.74, 6) is -1.48. The molecule has 3 rings (SSSR count). The molecule has 31 heavy (non-hydrogen) atoms. The van der Waals surface area contributed by atoms with E-state index in [4.69, 9.17) is 14.6 Å². The van der Waals surface area contributed by atoms with Crippen molar-refractivity contribution < 1.29 is 33.7 Å². The molecule has 0 amide bonds. The molecule has 0 aliphatic heterocycles. The Hall–Kier alpha value is -3.71. The third-order valence-electron chi connectivity index (χ3n) is 4.75. The summed E-state index contributed by atoms with van der Waals surface area (Å²) in [6, 6.07) is 15.3. The van der Waals surface area contributed by atoms with Gasteiger partial charge in [-0.15, -0.1) is 0 Å². The number of aliphatic hydroxyl groups is 1. The summed E-state index contributed by atoms with van der Waals surface area (Å²) in [6.45, 7) is 1.71. The molecule has 0 aliphatic rings. The maximum absolute atomic E-state index is 14.2. The summed E-state index contributed by atoms with van der Waals surface area (Å²) < 4.78 is 24.8. The van der Waals surface area contributed by atoms with Crippen molar-refractivity contribution in [3.05, 3.63) is 83.2 Å². The summed E-state index contributed by atoms with van der Waals surface area (Å²) in [7, 11) is 1.50. The number of benzene rings is 3. The van der Waals surface area contributed by atoms with E-state index in [0.717, 1.165) is 0 Å². The van der Waals surface area contributed by atoms with Gasteiger partial charge in [0.15, 0.2) is 0 Å². The molecule has 0 saturated carbocycles. The molecule has 0 saturated heterocycles. The molecule has 0 radical (unpaired) electrons. The number of aliphatic hydroxyl groups excluding tert-OH is 1. The normalized spacial score (nSPS) is 11.6. The van der Waals surface area contributed by atoms with Crippen LogP contribution < -0.4 is 9.47 Å². The standard InChI is InChI=1S/C24H21FO6/c1-14-10-15(20-12-17(30-2)7-9-21(20)25)6-8-19(14)24(29)31-18-5-3-4-16(11-18)22(26)13-23(27)28/h3-12,22,26H,13H2,1-2H3,(H,27,28)/t22-/m1/s1. The third kappa shape index (κ3) is 5.26. The lowest BCUT2D eigenvalue weighted by Gasteiger charge is -2.12. The van der Waals surface area contributed by atoms with Crippen LogP contribution in [0.3, 0.4) is 0 Å². The lowest BCUT2D eigenvalue weighted by atomic mass is 9.99. The first-order valence-electron chi connectivity index (χ1n) is 9.45. The quantitative estimate of drug-likeness (QED) is 0.427. The first kappa shape index (κ1) is 22.0. The number of carbonyl (C=O) groups is 2. The Morgan fingerprint density at radius 2 is 1.81 bits per heavy atom. The first-order valence-corrected chi connectivity index (χ1v) is 9.45. The number of hydrogen-bond donors (Lipinski definition) is 2. The van der Waals surface area contributed by atoms with E-state index < -0.39 is 30.3 Å². The van der Waals surface area contributed by atoms with Crippen LogP contribution in [0.4, 0.5) is 4.39 Å². The monoisotopic (exact) mass is 424 g/mol. The summed E-state index contributed by atoms with van der Waals surface area (Å²) >= 11 is 0. The molecule has 0 bridgehead atoms. The van der Waals surface area contributed by atoms with E-state index in [-0.39, 0.29) is 5.75 Å². The zero-order valence-corrected chi connectivity index (χ0v) is 17.0. The minimum Gasteiger partial charge on any atom is -0.497 e. The number of halogens is 1. The highest BCUT2D eigenvalue weighted by Gasteiger charge is 2.17. The molecule has 160 valence electrons. The minimum atomic E-state index is -1.21. The molecule has 3 aromatic carbocycles. The van der Waals surface area contributed by atoms with E-state index in [1.54, 1.807) is 43.3 Å². The van der Waals surface area contributed by atoms with E-state index in [9.17, 15) is 19.1 Å². The number of methoxy groups -OCH3 is 1. The van der Waals surface area contributed by atoms with E-state index in [1.165, 1.54) is 31.4 Å². The van der Waals surface area contributed by atoms with Crippen molar-refractivity contribution in [3.63, 3.8) is 0 Å². The van der Waals surface area contributed by atoms with Crippen molar-refractivity contribution in [2.75, 3.05) is 7.11 Å². The number of carboxylic acids is 1. The van der Waals surface area contributed by atoms with Crippen LogP contribution in [0.25, 0.3) is 11.1 Å². The van der Waals surface area contributed by atoms with Gasteiger partial charge in [0.1, 0.15) is 17.3 Å². The molecule has 6 nitrogen and oxygen atoms in total. The van der Waals surface area contributed by atoms with E-state index in [1.807, 2.05) is 0 Å². The maximum atomic E-state index is 14.2. The highest BCUT2D eigenvalue weighted by molar-refractivity contribution is 5.93. The number of hydrogen-bond acceptors (Lipinski definition) is 5. The van der Waals surface area contributed by atoms with Gasteiger partial charge in [0.2, 0.25) is 0 Å². The van der Waals surface area contributed by atoms with Crippen molar-refractivity contribution in [2.45, 2.75) is 19.4 Å². The van der Waals surface area contributed by atoms with Gasteiger partial charge < -0.3 is 19.7 Å². The van der Waals surface area contributed by atoms with Gasteiger partial charge in [0.05, 0.1) is 25.2 Å². The lowest BCUT2D eigenvalue weighted by molar-refractivity contribution is -0.139. The molecule has 0 fully saturated rings. The molecule has 7 heteroatoms. The molecular weight excluding hydrogens is 403 g/mol. The Kier molecular flexibility index (Phi) is 6.67. The van der Waals surface area contributed by atoms with Crippen molar-refractivity contribution in [1.82, 2.24) is 0 Å². The number of carboxylic acid groups (broad SMARTS) is 1. The average molecular weight is 424 g/mol. The maximum Gasteiger partial charge on any atom is 0.343 e. The van der Waals surface area contributed by atoms with E-state index in [2.05, 4.69) is 0 Å². The van der Waals surface area contributed by atoms with Gasteiger partial charge in [-0.2, -0.15) is 0 Å². The van der Waals surface area contributed by atoms with Gasteiger partial charge >= 0.3 is 11.9 Å². The van der Waals surface area contributed by atoms with Crippen molar-refractivity contribution in [3.8, 4) is 22.6 Å². The molecule has 0 spiro atoms. The van der Waals surface area contributed by atoms with Crippen LogP contribution >= 0.6 is 0 Å². The third-order valence-corrected chi connectivity index (χ3v) is 4.75. The van der Waals surface area contributed by atoms with Gasteiger partial charge in [0, 0.05) is 5.56 Å². The Bertz CT molecular complexity index is 1120. The lowest BCUT2D eigenvalue weighted by Crippen LogP contribution is -2.11. The second-order valence-electron chi connectivity index (χ2n) is 6.95. The number of rotatable bonds is 7.